The summed E-state index contributed by atoms with van der Waals surface area (Å²) in [6.45, 7) is 3.91. The molecular formula is C16H13Cl3N2O. The molecule has 0 fully saturated rings. The monoisotopic (exact) mass is 354 g/mol. The first-order chi connectivity index (χ1) is 10.4. The quantitative estimate of drug-likeness (QED) is 0.628. The summed E-state index contributed by atoms with van der Waals surface area (Å²) in [6.07, 6.45) is 0.0684. The molecule has 0 amide bonds. The van der Waals surface area contributed by atoms with Gasteiger partial charge >= 0.3 is 0 Å². The van der Waals surface area contributed by atoms with Gasteiger partial charge in [-0.2, -0.15) is 0 Å². The van der Waals surface area contributed by atoms with Crippen LogP contribution >= 0.6 is 34.8 Å². The van der Waals surface area contributed by atoms with E-state index in [1.165, 1.54) is 0 Å². The van der Waals surface area contributed by atoms with Gasteiger partial charge in [0.1, 0.15) is 11.6 Å². The molecule has 0 aliphatic carbocycles. The summed E-state index contributed by atoms with van der Waals surface area (Å²) < 4.78 is 5.63. The molecule has 0 spiro atoms. The fourth-order valence-electron chi connectivity index (χ4n) is 2.14. The highest BCUT2D eigenvalue weighted by Gasteiger charge is 2.11. The second kappa shape index (κ2) is 5.99. The predicted octanol–water partition coefficient (Wildman–Crippen LogP) is 5.98. The molecule has 3 rings (SSSR count). The maximum Gasteiger partial charge on any atom is 0.138 e. The number of ether oxygens (including phenoxy) is 1. The zero-order valence-corrected chi connectivity index (χ0v) is 14.2. The van der Waals surface area contributed by atoms with Crippen molar-refractivity contribution in [1.82, 2.24) is 9.97 Å². The molecule has 0 aliphatic rings. The smallest absolute Gasteiger partial charge is 0.138 e. The Bertz CT molecular complexity index is 804. The Hall–Kier alpha value is -1.42. The van der Waals surface area contributed by atoms with Crippen LogP contribution < -0.4 is 4.74 Å². The van der Waals surface area contributed by atoms with Crippen LogP contribution in [0.2, 0.25) is 15.1 Å². The van der Waals surface area contributed by atoms with Gasteiger partial charge in [-0.1, -0.05) is 34.8 Å². The topological polar surface area (TPSA) is 37.9 Å². The first-order valence-corrected chi connectivity index (χ1v) is 7.89. The number of imidazole rings is 1. The minimum absolute atomic E-state index is 0.0684. The molecule has 1 aromatic heterocycles. The van der Waals surface area contributed by atoms with Gasteiger partial charge in [-0.15, -0.1) is 0 Å². The molecule has 0 atom stereocenters. The number of halogens is 3. The molecule has 0 bridgehead atoms. The van der Waals surface area contributed by atoms with Crippen LogP contribution in [0.4, 0.5) is 0 Å². The number of aromatic nitrogens is 2. The molecule has 0 radical (unpaired) electrons. The van der Waals surface area contributed by atoms with E-state index in [0.717, 1.165) is 16.6 Å². The van der Waals surface area contributed by atoms with E-state index < -0.39 is 0 Å². The first kappa shape index (κ1) is 15.5. The summed E-state index contributed by atoms with van der Waals surface area (Å²) in [5, 5.41) is 1.51. The third-order valence-electron chi connectivity index (χ3n) is 3.09. The van der Waals surface area contributed by atoms with Crippen molar-refractivity contribution < 1.29 is 4.74 Å². The molecule has 1 N–H and O–H groups in total. The Morgan fingerprint density at radius 1 is 1.00 bits per heavy atom. The molecule has 1 heterocycles. The average Bonchev–Trinajstić information content (AvgIpc) is 2.84. The van der Waals surface area contributed by atoms with Crippen molar-refractivity contribution in [2.24, 2.45) is 0 Å². The van der Waals surface area contributed by atoms with Crippen molar-refractivity contribution in [3.05, 3.63) is 45.4 Å². The van der Waals surface area contributed by atoms with Gasteiger partial charge < -0.3 is 9.72 Å². The van der Waals surface area contributed by atoms with Crippen molar-refractivity contribution in [1.29, 1.82) is 0 Å². The number of nitrogens with zero attached hydrogens (tertiary/aromatic N) is 1. The second-order valence-electron chi connectivity index (χ2n) is 5.18. The number of benzene rings is 2. The predicted molar refractivity (Wildman–Crippen MR) is 92.3 cm³/mol. The van der Waals surface area contributed by atoms with Crippen LogP contribution in [0.1, 0.15) is 13.8 Å². The van der Waals surface area contributed by atoms with E-state index in [1.807, 2.05) is 32.0 Å². The Labute approximate surface area is 143 Å². The lowest BCUT2D eigenvalue weighted by Crippen LogP contribution is -2.05. The van der Waals surface area contributed by atoms with E-state index in [9.17, 15) is 0 Å². The number of rotatable bonds is 3. The highest BCUT2D eigenvalue weighted by molar-refractivity contribution is 6.42. The van der Waals surface area contributed by atoms with E-state index >= 15 is 0 Å². The Morgan fingerprint density at radius 2 is 1.73 bits per heavy atom. The minimum Gasteiger partial charge on any atom is -0.489 e. The number of hydrogen-bond acceptors (Lipinski definition) is 2. The fraction of sp³-hybridized carbons (Fsp3) is 0.188. The third-order valence-corrected chi connectivity index (χ3v) is 4.11. The maximum absolute atomic E-state index is 6.26. The number of aromatic amines is 1. The van der Waals surface area contributed by atoms with E-state index in [0.29, 0.717) is 26.6 Å². The number of fused-ring (bicyclic) bond motifs is 1. The molecule has 3 nitrogen and oxygen atoms in total. The molecule has 0 unspecified atom stereocenters. The van der Waals surface area contributed by atoms with Crippen LogP contribution in [0.5, 0.6) is 5.75 Å². The van der Waals surface area contributed by atoms with Crippen LogP contribution in [-0.2, 0) is 0 Å². The lowest BCUT2D eigenvalue weighted by molar-refractivity contribution is 0.242. The zero-order chi connectivity index (χ0) is 15.9. The molecule has 22 heavy (non-hydrogen) atoms. The number of nitrogens with one attached hydrogen (secondary N) is 1. The lowest BCUT2D eigenvalue weighted by Gasteiger charge is -2.11. The van der Waals surface area contributed by atoms with Gasteiger partial charge in [0.15, 0.2) is 0 Å². The van der Waals surface area contributed by atoms with Gasteiger partial charge in [-0.25, -0.2) is 4.98 Å². The van der Waals surface area contributed by atoms with Gasteiger partial charge in [0.2, 0.25) is 0 Å². The van der Waals surface area contributed by atoms with Gasteiger partial charge in [-0.05, 0) is 44.2 Å². The maximum atomic E-state index is 6.26. The van der Waals surface area contributed by atoms with Crippen molar-refractivity contribution >= 4 is 45.8 Å². The van der Waals surface area contributed by atoms with E-state index in [4.69, 9.17) is 39.5 Å². The van der Waals surface area contributed by atoms with Gasteiger partial charge in [0.05, 0.1) is 32.2 Å². The van der Waals surface area contributed by atoms with Crippen molar-refractivity contribution in [2.45, 2.75) is 20.0 Å². The minimum atomic E-state index is 0.0684. The zero-order valence-electron chi connectivity index (χ0n) is 12.0. The molecule has 114 valence electrons. The summed E-state index contributed by atoms with van der Waals surface area (Å²) in [7, 11) is 0. The van der Waals surface area contributed by atoms with Crippen LogP contribution in [0, 0.1) is 0 Å². The first-order valence-electron chi connectivity index (χ1n) is 6.75. The van der Waals surface area contributed by atoms with E-state index in [-0.39, 0.29) is 6.10 Å². The highest BCUT2D eigenvalue weighted by Crippen LogP contribution is 2.32. The standard InChI is InChI=1S/C16H13Cl3N2O/c1-8(2)22-15-4-3-9(5-12(15)19)16-20-13-6-10(17)11(18)7-14(13)21-16/h3-8H,1-2H3,(H,20,21). The summed E-state index contributed by atoms with van der Waals surface area (Å²) in [6, 6.07) is 9.06. The van der Waals surface area contributed by atoms with E-state index in [2.05, 4.69) is 9.97 Å². The largest absolute Gasteiger partial charge is 0.489 e. The average molecular weight is 356 g/mol. The third kappa shape index (κ3) is 3.02. The normalized spacial score (nSPS) is 11.4. The molecule has 0 aliphatic heterocycles. The van der Waals surface area contributed by atoms with Crippen LogP contribution in [0.25, 0.3) is 22.4 Å². The molecule has 2 aromatic carbocycles. The Morgan fingerprint density at radius 3 is 2.41 bits per heavy atom. The molecule has 3 aromatic rings. The second-order valence-corrected chi connectivity index (χ2v) is 6.40. The van der Waals surface area contributed by atoms with Crippen molar-refractivity contribution in [3.8, 4) is 17.1 Å². The summed E-state index contributed by atoms with van der Waals surface area (Å²) in [5.41, 5.74) is 2.44. The van der Waals surface area contributed by atoms with Gasteiger partial charge in [0.25, 0.3) is 0 Å². The Kier molecular flexibility index (Phi) is 4.22. The van der Waals surface area contributed by atoms with Crippen LogP contribution in [-0.4, -0.2) is 16.1 Å². The molecular weight excluding hydrogens is 343 g/mol. The highest BCUT2D eigenvalue weighted by atomic mass is 35.5. The van der Waals surface area contributed by atoms with E-state index in [1.54, 1.807) is 12.1 Å². The van der Waals surface area contributed by atoms with Crippen LogP contribution in [0.15, 0.2) is 30.3 Å². The number of hydrogen-bond donors (Lipinski definition) is 1. The summed E-state index contributed by atoms with van der Waals surface area (Å²) >= 11 is 18.3. The fourth-order valence-corrected chi connectivity index (χ4v) is 2.69. The molecule has 0 saturated heterocycles. The SMILES string of the molecule is CC(C)Oc1ccc(-c2nc3cc(Cl)c(Cl)cc3[nH]2)cc1Cl. The molecule has 6 heteroatoms. The Balaban J connectivity index is 2.02. The van der Waals surface area contributed by atoms with Crippen molar-refractivity contribution in [3.63, 3.8) is 0 Å². The van der Waals surface area contributed by atoms with Gasteiger partial charge in [0, 0.05) is 5.56 Å². The number of H-pyrrole nitrogens is 1. The summed E-state index contributed by atoms with van der Waals surface area (Å²) in [4.78, 5) is 7.73. The van der Waals surface area contributed by atoms with Crippen LogP contribution in [0.3, 0.4) is 0 Å². The lowest BCUT2D eigenvalue weighted by atomic mass is 10.2. The summed E-state index contributed by atoms with van der Waals surface area (Å²) in [5.74, 6) is 1.36. The van der Waals surface area contributed by atoms with Gasteiger partial charge in [-0.3, -0.25) is 0 Å². The molecule has 0 saturated carbocycles. The van der Waals surface area contributed by atoms with Crippen molar-refractivity contribution in [2.75, 3.05) is 0 Å².